The summed E-state index contributed by atoms with van der Waals surface area (Å²) in [6.07, 6.45) is 6.99. The first-order chi connectivity index (χ1) is 8.13. The summed E-state index contributed by atoms with van der Waals surface area (Å²) < 4.78 is 5.95. The SMILES string of the molecule is CC(C)NC1(C#N)CCCC(OCC2CC2)C1. The Morgan fingerprint density at radius 3 is 2.76 bits per heavy atom. The average Bonchev–Trinajstić information content (AvgIpc) is 3.10. The molecule has 2 unspecified atom stereocenters. The number of ether oxygens (including phenoxy) is 1. The fraction of sp³-hybridized carbons (Fsp3) is 0.929. The van der Waals surface area contributed by atoms with Crippen LogP contribution in [0.1, 0.15) is 52.4 Å². The predicted molar refractivity (Wildman–Crippen MR) is 67.5 cm³/mol. The fourth-order valence-electron chi connectivity index (χ4n) is 2.74. The lowest BCUT2D eigenvalue weighted by atomic mass is 9.80. The number of nitrogens with zero attached hydrogens (tertiary/aromatic N) is 1. The van der Waals surface area contributed by atoms with Crippen LogP contribution in [0.25, 0.3) is 0 Å². The van der Waals surface area contributed by atoms with E-state index in [2.05, 4.69) is 25.2 Å². The van der Waals surface area contributed by atoms with Crippen molar-refractivity contribution in [2.45, 2.75) is 70.1 Å². The van der Waals surface area contributed by atoms with Crippen LogP contribution in [-0.4, -0.2) is 24.3 Å². The van der Waals surface area contributed by atoms with Crippen molar-refractivity contribution in [1.82, 2.24) is 5.32 Å². The molecule has 3 heteroatoms. The van der Waals surface area contributed by atoms with Crippen LogP contribution in [0.5, 0.6) is 0 Å². The molecule has 0 radical (unpaired) electrons. The third kappa shape index (κ3) is 3.69. The van der Waals surface area contributed by atoms with Gasteiger partial charge in [-0.3, -0.25) is 5.32 Å². The van der Waals surface area contributed by atoms with Crippen molar-refractivity contribution in [1.29, 1.82) is 5.26 Å². The topological polar surface area (TPSA) is 45.0 Å². The Balaban J connectivity index is 1.86. The Morgan fingerprint density at radius 2 is 2.18 bits per heavy atom. The summed E-state index contributed by atoms with van der Waals surface area (Å²) in [5, 5.41) is 12.9. The molecule has 0 aromatic heterocycles. The zero-order chi connectivity index (χ0) is 12.3. The molecule has 0 aromatic rings. The standard InChI is InChI=1S/C14H24N2O/c1-11(2)16-14(10-15)7-3-4-13(8-14)17-9-12-5-6-12/h11-13,16H,3-9H2,1-2H3. The van der Waals surface area contributed by atoms with Crippen molar-refractivity contribution in [2.75, 3.05) is 6.61 Å². The lowest BCUT2D eigenvalue weighted by Gasteiger charge is -2.37. The van der Waals surface area contributed by atoms with Gasteiger partial charge in [0.05, 0.1) is 12.2 Å². The van der Waals surface area contributed by atoms with Gasteiger partial charge in [0, 0.05) is 19.1 Å². The van der Waals surface area contributed by atoms with Crippen LogP contribution in [0.2, 0.25) is 0 Å². The van der Waals surface area contributed by atoms with Crippen LogP contribution in [0.15, 0.2) is 0 Å². The smallest absolute Gasteiger partial charge is 0.109 e. The summed E-state index contributed by atoms with van der Waals surface area (Å²) in [6.45, 7) is 5.12. The summed E-state index contributed by atoms with van der Waals surface area (Å²) in [5.74, 6) is 0.812. The maximum absolute atomic E-state index is 9.43. The zero-order valence-electron chi connectivity index (χ0n) is 11.0. The molecule has 0 aliphatic heterocycles. The molecule has 2 aliphatic rings. The van der Waals surface area contributed by atoms with Crippen molar-refractivity contribution < 1.29 is 4.74 Å². The van der Waals surface area contributed by atoms with Crippen molar-refractivity contribution in [3.8, 4) is 6.07 Å². The highest BCUT2D eigenvalue weighted by atomic mass is 16.5. The summed E-state index contributed by atoms with van der Waals surface area (Å²) in [4.78, 5) is 0. The van der Waals surface area contributed by atoms with E-state index in [9.17, 15) is 5.26 Å². The van der Waals surface area contributed by atoms with Gasteiger partial charge < -0.3 is 4.74 Å². The van der Waals surface area contributed by atoms with Gasteiger partial charge in [-0.25, -0.2) is 0 Å². The van der Waals surface area contributed by atoms with Gasteiger partial charge in [0.25, 0.3) is 0 Å². The largest absolute Gasteiger partial charge is 0.378 e. The minimum Gasteiger partial charge on any atom is -0.378 e. The number of nitrogens with one attached hydrogen (secondary N) is 1. The van der Waals surface area contributed by atoms with E-state index in [1.807, 2.05) is 0 Å². The highest BCUT2D eigenvalue weighted by Gasteiger charge is 2.37. The average molecular weight is 236 g/mol. The molecule has 0 heterocycles. The Bertz CT molecular complexity index is 293. The first kappa shape index (κ1) is 12.9. The monoisotopic (exact) mass is 236 g/mol. The molecular weight excluding hydrogens is 212 g/mol. The van der Waals surface area contributed by atoms with Gasteiger partial charge >= 0.3 is 0 Å². The third-order valence-electron chi connectivity index (χ3n) is 3.75. The predicted octanol–water partition coefficient (Wildman–Crippen LogP) is 2.62. The molecule has 3 nitrogen and oxygen atoms in total. The van der Waals surface area contributed by atoms with Crippen molar-refractivity contribution >= 4 is 0 Å². The van der Waals surface area contributed by atoms with Crippen LogP contribution in [0.4, 0.5) is 0 Å². The van der Waals surface area contributed by atoms with E-state index in [1.165, 1.54) is 12.8 Å². The summed E-state index contributed by atoms with van der Waals surface area (Å²) in [7, 11) is 0. The van der Waals surface area contributed by atoms with E-state index < -0.39 is 0 Å². The van der Waals surface area contributed by atoms with Gasteiger partial charge in [-0.2, -0.15) is 5.26 Å². The summed E-state index contributed by atoms with van der Waals surface area (Å²) >= 11 is 0. The molecule has 0 bridgehead atoms. The molecule has 2 saturated carbocycles. The molecule has 0 saturated heterocycles. The van der Waals surface area contributed by atoms with E-state index >= 15 is 0 Å². The highest BCUT2D eigenvalue weighted by Crippen LogP contribution is 2.33. The van der Waals surface area contributed by atoms with Gasteiger partial charge in [-0.15, -0.1) is 0 Å². The molecule has 2 aliphatic carbocycles. The van der Waals surface area contributed by atoms with E-state index in [0.717, 1.165) is 38.2 Å². The molecular formula is C14H24N2O. The summed E-state index contributed by atoms with van der Waals surface area (Å²) in [6, 6.07) is 2.85. The minimum atomic E-state index is -0.347. The van der Waals surface area contributed by atoms with E-state index in [0.29, 0.717) is 6.04 Å². The van der Waals surface area contributed by atoms with Crippen LogP contribution < -0.4 is 5.32 Å². The van der Waals surface area contributed by atoms with Gasteiger partial charge in [0.1, 0.15) is 5.54 Å². The highest BCUT2D eigenvalue weighted by molar-refractivity contribution is 5.10. The minimum absolute atomic E-state index is 0.287. The van der Waals surface area contributed by atoms with Gasteiger partial charge in [-0.05, 0) is 51.9 Å². The molecule has 2 rings (SSSR count). The number of rotatable bonds is 5. The number of hydrogen-bond donors (Lipinski definition) is 1. The molecule has 2 fully saturated rings. The molecule has 0 amide bonds. The van der Waals surface area contributed by atoms with Gasteiger partial charge in [0.15, 0.2) is 0 Å². The van der Waals surface area contributed by atoms with Crippen LogP contribution in [0, 0.1) is 17.2 Å². The molecule has 2 atom stereocenters. The summed E-state index contributed by atoms with van der Waals surface area (Å²) in [5.41, 5.74) is -0.347. The van der Waals surface area contributed by atoms with Crippen molar-refractivity contribution in [2.24, 2.45) is 5.92 Å². The second kappa shape index (κ2) is 5.37. The zero-order valence-corrected chi connectivity index (χ0v) is 11.0. The Morgan fingerprint density at radius 1 is 1.41 bits per heavy atom. The molecule has 17 heavy (non-hydrogen) atoms. The Labute approximate surface area is 105 Å². The normalized spacial score (nSPS) is 33.6. The second-order valence-electron chi connectivity index (χ2n) is 5.99. The maximum atomic E-state index is 9.43. The second-order valence-corrected chi connectivity index (χ2v) is 5.99. The number of nitriles is 1. The van der Waals surface area contributed by atoms with Crippen molar-refractivity contribution in [3.63, 3.8) is 0 Å². The van der Waals surface area contributed by atoms with E-state index in [-0.39, 0.29) is 11.6 Å². The van der Waals surface area contributed by atoms with Crippen molar-refractivity contribution in [3.05, 3.63) is 0 Å². The van der Waals surface area contributed by atoms with Crippen LogP contribution in [0.3, 0.4) is 0 Å². The molecule has 96 valence electrons. The van der Waals surface area contributed by atoms with Gasteiger partial charge in [-0.1, -0.05) is 0 Å². The van der Waals surface area contributed by atoms with E-state index in [4.69, 9.17) is 4.74 Å². The lowest BCUT2D eigenvalue weighted by Crippen LogP contribution is -2.52. The quantitative estimate of drug-likeness (QED) is 0.798. The fourth-order valence-corrected chi connectivity index (χ4v) is 2.74. The molecule has 1 N–H and O–H groups in total. The molecule has 0 aromatic carbocycles. The Hall–Kier alpha value is -0.590. The maximum Gasteiger partial charge on any atom is 0.109 e. The van der Waals surface area contributed by atoms with Crippen LogP contribution >= 0.6 is 0 Å². The first-order valence-electron chi connectivity index (χ1n) is 6.94. The lowest BCUT2D eigenvalue weighted by molar-refractivity contribution is 0.00256. The first-order valence-corrected chi connectivity index (χ1v) is 6.94. The van der Waals surface area contributed by atoms with Gasteiger partial charge in [0.2, 0.25) is 0 Å². The van der Waals surface area contributed by atoms with E-state index in [1.54, 1.807) is 0 Å². The Kier molecular flexibility index (Phi) is 4.06. The van der Waals surface area contributed by atoms with Crippen LogP contribution in [-0.2, 0) is 4.74 Å². The third-order valence-corrected chi connectivity index (χ3v) is 3.75. The number of hydrogen-bond acceptors (Lipinski definition) is 3. The molecule has 0 spiro atoms.